The van der Waals surface area contributed by atoms with Gasteiger partial charge in [-0.25, -0.2) is 4.79 Å². The summed E-state index contributed by atoms with van der Waals surface area (Å²) in [5.74, 6) is 0.202. The molecule has 1 saturated heterocycles. The summed E-state index contributed by atoms with van der Waals surface area (Å²) in [5, 5.41) is 0. The Morgan fingerprint density at radius 1 is 1.14 bits per heavy atom. The minimum absolute atomic E-state index is 0.102. The van der Waals surface area contributed by atoms with Gasteiger partial charge in [-0.3, -0.25) is 9.69 Å². The van der Waals surface area contributed by atoms with E-state index in [2.05, 4.69) is 0 Å². The van der Waals surface area contributed by atoms with Crippen molar-refractivity contribution < 1.29 is 19.1 Å². The van der Waals surface area contributed by atoms with Crippen LogP contribution in [0.15, 0.2) is 53.4 Å². The molecule has 2 aromatic rings. The van der Waals surface area contributed by atoms with E-state index < -0.39 is 5.97 Å². The molecule has 1 amide bonds. The topological polar surface area (TPSA) is 55.8 Å². The van der Waals surface area contributed by atoms with Crippen molar-refractivity contribution in [3.8, 4) is 11.5 Å². The third-order valence-corrected chi connectivity index (χ3v) is 5.35. The molecule has 0 atom stereocenters. The number of thioether (sulfide) groups is 1. The monoisotopic (exact) mass is 413 g/mol. The van der Waals surface area contributed by atoms with Gasteiger partial charge in [0.15, 0.2) is 11.5 Å². The molecule has 1 aliphatic rings. The summed E-state index contributed by atoms with van der Waals surface area (Å²) in [6.07, 6.45) is 1.76. The number of amides is 1. The van der Waals surface area contributed by atoms with Crippen molar-refractivity contribution in [1.82, 2.24) is 4.90 Å². The molecule has 0 N–H and O–H groups in total. The average molecular weight is 414 g/mol. The fourth-order valence-corrected chi connectivity index (χ4v) is 4.01. The smallest absolute Gasteiger partial charge is 0.343 e. The molecule has 0 bridgehead atoms. The lowest BCUT2D eigenvalue weighted by molar-refractivity contribution is -0.121. The van der Waals surface area contributed by atoms with Crippen LogP contribution in [-0.2, 0) is 4.79 Å². The molecule has 0 radical (unpaired) electrons. The largest absolute Gasteiger partial charge is 0.490 e. The summed E-state index contributed by atoms with van der Waals surface area (Å²) in [7, 11) is 0. The Balaban J connectivity index is 1.85. The number of esters is 1. The summed E-state index contributed by atoms with van der Waals surface area (Å²) in [4.78, 5) is 26.8. The molecule has 1 heterocycles. The zero-order valence-electron chi connectivity index (χ0n) is 15.5. The fraction of sp³-hybridized carbons (Fsp3) is 0.190. The Morgan fingerprint density at radius 3 is 2.54 bits per heavy atom. The molecule has 28 heavy (non-hydrogen) atoms. The quantitative estimate of drug-likeness (QED) is 0.300. The second-order valence-corrected chi connectivity index (χ2v) is 7.50. The number of hydrogen-bond donors (Lipinski definition) is 0. The highest BCUT2D eigenvalue weighted by atomic mass is 32.2. The van der Waals surface area contributed by atoms with E-state index in [0.717, 1.165) is 5.56 Å². The molecule has 1 aliphatic heterocycles. The summed E-state index contributed by atoms with van der Waals surface area (Å²) in [6.45, 7) is 4.69. The normalized spacial score (nSPS) is 15.2. The molecule has 0 spiro atoms. The van der Waals surface area contributed by atoms with Gasteiger partial charge in [-0.1, -0.05) is 48.2 Å². The van der Waals surface area contributed by atoms with E-state index in [1.165, 1.54) is 11.8 Å². The van der Waals surface area contributed by atoms with E-state index in [4.69, 9.17) is 21.7 Å². The van der Waals surface area contributed by atoms with Crippen LogP contribution in [0.4, 0.5) is 0 Å². The molecule has 0 aromatic heterocycles. The molecule has 0 saturated carbocycles. The standard InChI is InChI=1S/C21H19NO4S2/c1-3-22-19(23)18(28-21(22)27)13-14-10-11-16(17(12-14)25-4-2)26-20(24)15-8-6-5-7-9-15/h5-13H,3-4H2,1-2H3. The molecule has 0 unspecified atom stereocenters. The van der Waals surface area contributed by atoms with Gasteiger partial charge in [0.25, 0.3) is 5.91 Å². The van der Waals surface area contributed by atoms with Crippen molar-refractivity contribution in [3.05, 3.63) is 64.6 Å². The first-order valence-corrected chi connectivity index (χ1v) is 10.1. The van der Waals surface area contributed by atoms with Crippen LogP contribution in [0.25, 0.3) is 6.08 Å². The van der Waals surface area contributed by atoms with Crippen LogP contribution in [-0.4, -0.2) is 34.2 Å². The molecular weight excluding hydrogens is 394 g/mol. The second-order valence-electron chi connectivity index (χ2n) is 5.82. The molecule has 3 rings (SSSR count). The molecule has 7 heteroatoms. The van der Waals surface area contributed by atoms with Crippen molar-refractivity contribution in [2.75, 3.05) is 13.2 Å². The number of carbonyl (C=O) groups is 2. The fourth-order valence-electron chi connectivity index (χ4n) is 2.62. The lowest BCUT2D eigenvalue weighted by atomic mass is 10.1. The number of benzene rings is 2. The highest BCUT2D eigenvalue weighted by molar-refractivity contribution is 8.26. The molecule has 1 fully saturated rings. The number of carbonyl (C=O) groups excluding carboxylic acids is 2. The predicted octanol–water partition coefficient (Wildman–Crippen LogP) is 4.53. The summed E-state index contributed by atoms with van der Waals surface area (Å²) in [5.41, 5.74) is 1.22. The van der Waals surface area contributed by atoms with Gasteiger partial charge >= 0.3 is 5.97 Å². The molecular formula is C21H19NO4S2. The van der Waals surface area contributed by atoms with E-state index in [0.29, 0.717) is 39.4 Å². The van der Waals surface area contributed by atoms with Gasteiger partial charge in [0.2, 0.25) is 0 Å². The van der Waals surface area contributed by atoms with E-state index in [-0.39, 0.29) is 5.91 Å². The van der Waals surface area contributed by atoms with Crippen LogP contribution in [0.2, 0.25) is 0 Å². The van der Waals surface area contributed by atoms with Gasteiger partial charge < -0.3 is 9.47 Å². The Morgan fingerprint density at radius 2 is 1.89 bits per heavy atom. The SMILES string of the molecule is CCOc1cc(C=C2SC(=S)N(CC)C2=O)ccc1OC(=O)c1ccccc1. The third kappa shape index (κ3) is 4.43. The number of thiocarbonyl (C=S) groups is 1. The van der Waals surface area contributed by atoms with Gasteiger partial charge in [0.05, 0.1) is 17.1 Å². The highest BCUT2D eigenvalue weighted by Crippen LogP contribution is 2.35. The summed E-state index contributed by atoms with van der Waals surface area (Å²) >= 11 is 6.51. The first kappa shape index (κ1) is 20.1. The number of hydrogen-bond acceptors (Lipinski definition) is 6. The van der Waals surface area contributed by atoms with Crippen molar-refractivity contribution >= 4 is 46.3 Å². The lowest BCUT2D eigenvalue weighted by Crippen LogP contribution is -2.27. The summed E-state index contributed by atoms with van der Waals surface area (Å²) < 4.78 is 11.7. The van der Waals surface area contributed by atoms with E-state index >= 15 is 0 Å². The van der Waals surface area contributed by atoms with Crippen LogP contribution in [0.3, 0.4) is 0 Å². The highest BCUT2D eigenvalue weighted by Gasteiger charge is 2.30. The number of rotatable bonds is 6. The van der Waals surface area contributed by atoms with E-state index in [9.17, 15) is 9.59 Å². The van der Waals surface area contributed by atoms with Crippen molar-refractivity contribution in [3.63, 3.8) is 0 Å². The zero-order chi connectivity index (χ0) is 20.1. The second kappa shape index (κ2) is 9.03. The van der Waals surface area contributed by atoms with Crippen molar-refractivity contribution in [1.29, 1.82) is 0 Å². The Bertz CT molecular complexity index is 941. The molecule has 2 aromatic carbocycles. The van der Waals surface area contributed by atoms with Gasteiger partial charge in [0.1, 0.15) is 4.32 Å². The van der Waals surface area contributed by atoms with Crippen LogP contribution in [0.1, 0.15) is 29.8 Å². The van der Waals surface area contributed by atoms with Crippen LogP contribution < -0.4 is 9.47 Å². The summed E-state index contributed by atoms with van der Waals surface area (Å²) in [6, 6.07) is 13.9. The maximum absolute atomic E-state index is 12.4. The van der Waals surface area contributed by atoms with Gasteiger partial charge in [-0.15, -0.1) is 0 Å². The lowest BCUT2D eigenvalue weighted by Gasteiger charge is -2.12. The Hall–Kier alpha value is -2.64. The van der Waals surface area contributed by atoms with Crippen LogP contribution in [0.5, 0.6) is 11.5 Å². The zero-order valence-corrected chi connectivity index (χ0v) is 17.1. The van der Waals surface area contributed by atoms with Crippen LogP contribution in [0, 0.1) is 0 Å². The number of ether oxygens (including phenoxy) is 2. The van der Waals surface area contributed by atoms with Gasteiger partial charge in [-0.05, 0) is 49.8 Å². The van der Waals surface area contributed by atoms with Crippen molar-refractivity contribution in [2.45, 2.75) is 13.8 Å². The molecule has 5 nitrogen and oxygen atoms in total. The van der Waals surface area contributed by atoms with E-state index in [1.54, 1.807) is 53.4 Å². The van der Waals surface area contributed by atoms with Crippen molar-refractivity contribution in [2.24, 2.45) is 0 Å². The maximum atomic E-state index is 12.4. The minimum Gasteiger partial charge on any atom is -0.490 e. The third-order valence-electron chi connectivity index (χ3n) is 3.97. The maximum Gasteiger partial charge on any atom is 0.343 e. The molecule has 0 aliphatic carbocycles. The first-order valence-electron chi connectivity index (χ1n) is 8.83. The van der Waals surface area contributed by atoms with Gasteiger partial charge in [-0.2, -0.15) is 0 Å². The molecule has 144 valence electrons. The number of nitrogens with zero attached hydrogens (tertiary/aromatic N) is 1. The first-order chi connectivity index (χ1) is 13.5. The average Bonchev–Trinajstić information content (AvgIpc) is 2.97. The van der Waals surface area contributed by atoms with Gasteiger partial charge in [0, 0.05) is 6.54 Å². The van der Waals surface area contributed by atoms with Crippen LogP contribution >= 0.6 is 24.0 Å². The number of likely N-dealkylation sites (N-methyl/N-ethyl adjacent to an activating group) is 1. The predicted molar refractivity (Wildman–Crippen MR) is 115 cm³/mol. The Kier molecular flexibility index (Phi) is 6.49. The Labute approximate surface area is 173 Å². The minimum atomic E-state index is -0.460. The van der Waals surface area contributed by atoms with E-state index in [1.807, 2.05) is 19.9 Å².